The summed E-state index contributed by atoms with van der Waals surface area (Å²) in [7, 11) is 0. The summed E-state index contributed by atoms with van der Waals surface area (Å²) in [5.41, 5.74) is 2.28. The first kappa shape index (κ1) is 16.8. The predicted molar refractivity (Wildman–Crippen MR) is 102 cm³/mol. The van der Waals surface area contributed by atoms with Gasteiger partial charge in [0.15, 0.2) is 0 Å². The lowest BCUT2D eigenvalue weighted by Gasteiger charge is -2.10. The molecule has 1 atom stereocenters. The van der Waals surface area contributed by atoms with Gasteiger partial charge in [0.25, 0.3) is 0 Å². The SMILES string of the molecule is C[C@@H](CC=Cn1ccnc1-c1ccccc1)c1ccc(Cl)c(Cl)c1. The molecule has 2 aromatic carbocycles. The minimum Gasteiger partial charge on any atom is -0.307 e. The zero-order valence-corrected chi connectivity index (χ0v) is 14.9. The molecule has 24 heavy (non-hydrogen) atoms. The van der Waals surface area contributed by atoms with Gasteiger partial charge in [0, 0.05) is 24.2 Å². The third kappa shape index (κ3) is 3.89. The van der Waals surface area contributed by atoms with E-state index in [0.29, 0.717) is 16.0 Å². The molecule has 1 aromatic heterocycles. The number of rotatable bonds is 5. The fourth-order valence-electron chi connectivity index (χ4n) is 2.58. The highest BCUT2D eigenvalue weighted by Crippen LogP contribution is 2.28. The molecule has 0 aliphatic rings. The van der Waals surface area contributed by atoms with Gasteiger partial charge in [-0.2, -0.15) is 0 Å². The number of aromatic nitrogens is 2. The Morgan fingerprint density at radius 3 is 2.62 bits per heavy atom. The van der Waals surface area contributed by atoms with E-state index in [1.54, 1.807) is 0 Å². The Hall–Kier alpha value is -2.03. The molecule has 0 saturated carbocycles. The molecule has 0 spiro atoms. The van der Waals surface area contributed by atoms with Crippen LogP contribution < -0.4 is 0 Å². The third-order valence-corrected chi connectivity index (χ3v) is 4.71. The zero-order valence-electron chi connectivity index (χ0n) is 13.4. The van der Waals surface area contributed by atoms with E-state index in [4.69, 9.17) is 23.2 Å². The average Bonchev–Trinajstić information content (AvgIpc) is 3.06. The van der Waals surface area contributed by atoms with Crippen molar-refractivity contribution in [3.63, 3.8) is 0 Å². The zero-order chi connectivity index (χ0) is 16.9. The molecule has 0 bridgehead atoms. The number of hydrogen-bond donors (Lipinski definition) is 0. The number of allylic oxidation sites excluding steroid dienone is 1. The molecule has 3 rings (SSSR count). The van der Waals surface area contributed by atoms with Crippen LogP contribution in [-0.2, 0) is 0 Å². The normalized spacial score (nSPS) is 12.6. The molecule has 0 aliphatic carbocycles. The van der Waals surface area contributed by atoms with Crippen LogP contribution in [0.3, 0.4) is 0 Å². The van der Waals surface area contributed by atoms with E-state index in [2.05, 4.69) is 36.3 Å². The van der Waals surface area contributed by atoms with Crippen LogP contribution in [-0.4, -0.2) is 9.55 Å². The Balaban J connectivity index is 1.71. The lowest BCUT2D eigenvalue weighted by molar-refractivity contribution is 0.781. The van der Waals surface area contributed by atoms with Gasteiger partial charge in [-0.1, -0.05) is 72.6 Å². The topological polar surface area (TPSA) is 17.8 Å². The van der Waals surface area contributed by atoms with E-state index in [-0.39, 0.29) is 0 Å². The number of imidazole rings is 1. The molecule has 0 aliphatic heterocycles. The molecule has 0 N–H and O–H groups in total. The fourth-order valence-corrected chi connectivity index (χ4v) is 2.88. The monoisotopic (exact) mass is 356 g/mol. The number of nitrogens with zero attached hydrogens (tertiary/aromatic N) is 2. The molecule has 1 heterocycles. The van der Waals surface area contributed by atoms with Crippen molar-refractivity contribution in [2.45, 2.75) is 19.3 Å². The van der Waals surface area contributed by atoms with E-state index in [9.17, 15) is 0 Å². The van der Waals surface area contributed by atoms with Crippen LogP contribution in [0.2, 0.25) is 10.0 Å². The summed E-state index contributed by atoms with van der Waals surface area (Å²) in [5, 5.41) is 1.19. The minimum absolute atomic E-state index is 0.361. The van der Waals surface area contributed by atoms with Crippen LogP contribution in [0.15, 0.2) is 67.0 Å². The summed E-state index contributed by atoms with van der Waals surface area (Å²) in [6.07, 6.45) is 8.90. The number of hydrogen-bond acceptors (Lipinski definition) is 1. The highest BCUT2D eigenvalue weighted by molar-refractivity contribution is 6.42. The van der Waals surface area contributed by atoms with Gasteiger partial charge in [-0.15, -0.1) is 0 Å². The molecular formula is C20H18Cl2N2. The summed E-state index contributed by atoms with van der Waals surface area (Å²) < 4.78 is 2.04. The van der Waals surface area contributed by atoms with Crippen molar-refractivity contribution in [2.75, 3.05) is 0 Å². The van der Waals surface area contributed by atoms with Crippen molar-refractivity contribution >= 4 is 29.4 Å². The molecule has 122 valence electrons. The largest absolute Gasteiger partial charge is 0.307 e. The first-order chi connectivity index (χ1) is 11.6. The Morgan fingerprint density at radius 2 is 1.88 bits per heavy atom. The molecule has 3 aromatic rings. The first-order valence-electron chi connectivity index (χ1n) is 7.85. The van der Waals surface area contributed by atoms with E-state index < -0.39 is 0 Å². The van der Waals surface area contributed by atoms with Crippen molar-refractivity contribution in [3.8, 4) is 11.4 Å². The average molecular weight is 357 g/mol. The highest BCUT2D eigenvalue weighted by Gasteiger charge is 2.07. The van der Waals surface area contributed by atoms with Crippen molar-refractivity contribution in [1.82, 2.24) is 9.55 Å². The second kappa shape index (κ2) is 7.69. The Labute approximate surface area is 152 Å². The van der Waals surface area contributed by atoms with Gasteiger partial charge in [-0.25, -0.2) is 4.98 Å². The second-order valence-corrected chi connectivity index (χ2v) is 6.53. The van der Waals surface area contributed by atoms with Crippen LogP contribution in [0.4, 0.5) is 0 Å². The fraction of sp³-hybridized carbons (Fsp3) is 0.150. The van der Waals surface area contributed by atoms with Gasteiger partial charge in [0.2, 0.25) is 0 Å². The van der Waals surface area contributed by atoms with E-state index in [1.807, 2.05) is 53.4 Å². The minimum atomic E-state index is 0.361. The van der Waals surface area contributed by atoms with Crippen LogP contribution in [0, 0.1) is 0 Å². The molecule has 0 fully saturated rings. The van der Waals surface area contributed by atoms with E-state index in [0.717, 1.165) is 17.8 Å². The number of benzene rings is 2. The van der Waals surface area contributed by atoms with E-state index >= 15 is 0 Å². The quantitative estimate of drug-likeness (QED) is 0.508. The Bertz CT molecular complexity index is 838. The summed E-state index contributed by atoms with van der Waals surface area (Å²) in [6, 6.07) is 16.0. The standard InChI is InChI=1S/C20H18Cl2N2/c1-15(17-9-10-18(21)19(22)14-17)6-5-12-24-13-11-23-20(24)16-7-3-2-4-8-16/h2-5,7-15H,6H2,1H3/t15-/m0/s1. The van der Waals surface area contributed by atoms with Crippen LogP contribution >= 0.6 is 23.2 Å². The van der Waals surface area contributed by atoms with Crippen molar-refractivity contribution < 1.29 is 0 Å². The van der Waals surface area contributed by atoms with Crippen LogP contribution in [0.1, 0.15) is 24.8 Å². The van der Waals surface area contributed by atoms with E-state index in [1.165, 1.54) is 5.56 Å². The smallest absolute Gasteiger partial charge is 0.143 e. The van der Waals surface area contributed by atoms with Gasteiger partial charge in [0.05, 0.1) is 10.0 Å². The van der Waals surface area contributed by atoms with Gasteiger partial charge < -0.3 is 4.57 Å². The maximum absolute atomic E-state index is 6.10. The number of halogens is 2. The second-order valence-electron chi connectivity index (χ2n) is 5.72. The third-order valence-electron chi connectivity index (χ3n) is 3.97. The van der Waals surface area contributed by atoms with Gasteiger partial charge in [-0.05, 0) is 30.0 Å². The summed E-state index contributed by atoms with van der Waals surface area (Å²) in [4.78, 5) is 4.44. The molecule has 0 saturated heterocycles. The van der Waals surface area contributed by atoms with Gasteiger partial charge >= 0.3 is 0 Å². The first-order valence-corrected chi connectivity index (χ1v) is 8.60. The Morgan fingerprint density at radius 1 is 1.08 bits per heavy atom. The van der Waals surface area contributed by atoms with Gasteiger partial charge in [0.1, 0.15) is 5.82 Å². The predicted octanol–water partition coefficient (Wildman–Crippen LogP) is 6.52. The van der Waals surface area contributed by atoms with Gasteiger partial charge in [-0.3, -0.25) is 0 Å². The maximum Gasteiger partial charge on any atom is 0.143 e. The molecule has 0 radical (unpaired) electrons. The molecule has 4 heteroatoms. The van der Waals surface area contributed by atoms with Crippen molar-refractivity contribution in [2.24, 2.45) is 0 Å². The molecule has 2 nitrogen and oxygen atoms in total. The molecule has 0 amide bonds. The highest BCUT2D eigenvalue weighted by atomic mass is 35.5. The summed E-state index contributed by atoms with van der Waals surface area (Å²) in [6.45, 7) is 2.18. The lowest BCUT2D eigenvalue weighted by atomic mass is 9.98. The summed E-state index contributed by atoms with van der Waals surface area (Å²) in [5.74, 6) is 1.30. The molecular weight excluding hydrogens is 339 g/mol. The van der Waals surface area contributed by atoms with Crippen LogP contribution in [0.5, 0.6) is 0 Å². The Kier molecular flexibility index (Phi) is 5.39. The summed E-state index contributed by atoms with van der Waals surface area (Å²) >= 11 is 12.1. The van der Waals surface area contributed by atoms with Crippen molar-refractivity contribution in [3.05, 3.63) is 82.6 Å². The van der Waals surface area contributed by atoms with Crippen molar-refractivity contribution in [1.29, 1.82) is 0 Å². The maximum atomic E-state index is 6.10. The van der Waals surface area contributed by atoms with Crippen LogP contribution in [0.25, 0.3) is 17.6 Å². The lowest BCUT2D eigenvalue weighted by Crippen LogP contribution is -1.93. The molecule has 0 unspecified atom stereocenters.